The molecular weight excluding hydrogens is 354 g/mol. The number of nitrogens with one attached hydrogen (secondary N) is 1. The highest BCUT2D eigenvalue weighted by molar-refractivity contribution is 9.10. The summed E-state index contributed by atoms with van der Waals surface area (Å²) >= 11 is 3.41. The lowest BCUT2D eigenvalue weighted by Gasteiger charge is -2.52. The summed E-state index contributed by atoms with van der Waals surface area (Å²) in [6.07, 6.45) is 1.97. The number of fused-ring (bicyclic) bond motifs is 2. The monoisotopic (exact) mass is 373 g/mol. The summed E-state index contributed by atoms with van der Waals surface area (Å²) in [6, 6.07) is 7.85. The summed E-state index contributed by atoms with van der Waals surface area (Å²) in [6.45, 7) is 5.97. The average Bonchev–Trinajstić information content (AvgIpc) is 2.44. The van der Waals surface area contributed by atoms with Crippen LogP contribution in [0.25, 0.3) is 0 Å². The lowest BCUT2D eigenvalue weighted by atomic mass is 9.52. The van der Waals surface area contributed by atoms with Gasteiger partial charge in [0.05, 0.1) is 0 Å². The molecule has 1 aromatic rings. The van der Waals surface area contributed by atoms with Crippen molar-refractivity contribution in [3.05, 3.63) is 34.3 Å². The van der Waals surface area contributed by atoms with Gasteiger partial charge in [-0.1, -0.05) is 41.6 Å². The topological polar surface area (TPSA) is 46.2 Å². The van der Waals surface area contributed by atoms with E-state index in [0.717, 1.165) is 10.0 Å². The minimum atomic E-state index is -0.524. The lowest BCUT2D eigenvalue weighted by Crippen LogP contribution is -2.61. The van der Waals surface area contributed by atoms with E-state index in [1.165, 1.54) is 0 Å². The molecular formula is C19H20BrNO2. The van der Waals surface area contributed by atoms with Crippen LogP contribution < -0.4 is 5.32 Å². The highest BCUT2D eigenvalue weighted by atomic mass is 79.9. The molecule has 0 spiro atoms. The molecule has 2 amide bonds. The van der Waals surface area contributed by atoms with E-state index in [1.807, 2.05) is 38.1 Å². The summed E-state index contributed by atoms with van der Waals surface area (Å²) in [4.78, 5) is 24.6. The molecule has 0 aromatic heterocycles. The summed E-state index contributed by atoms with van der Waals surface area (Å²) in [7, 11) is 0. The zero-order chi connectivity index (χ0) is 16.9. The van der Waals surface area contributed by atoms with Gasteiger partial charge >= 0.3 is 0 Å². The molecule has 23 heavy (non-hydrogen) atoms. The van der Waals surface area contributed by atoms with E-state index in [-0.39, 0.29) is 17.2 Å². The number of carbonyl (C=O) groups is 2. The molecule has 2 aliphatic rings. The molecule has 2 unspecified atom stereocenters. The van der Waals surface area contributed by atoms with Gasteiger partial charge in [-0.15, -0.1) is 0 Å². The number of benzene rings is 1. The number of amides is 2. The normalized spacial score (nSPS) is 36.0. The predicted octanol–water partition coefficient (Wildman–Crippen LogP) is 3.66. The first-order chi connectivity index (χ1) is 10.6. The first-order valence-electron chi connectivity index (χ1n) is 7.79. The molecule has 3 rings (SSSR count). The van der Waals surface area contributed by atoms with E-state index in [2.05, 4.69) is 40.0 Å². The van der Waals surface area contributed by atoms with Crippen LogP contribution in [0.4, 0.5) is 0 Å². The summed E-state index contributed by atoms with van der Waals surface area (Å²) in [5.41, 5.74) is -0.452. The number of imide groups is 1. The zero-order valence-electron chi connectivity index (χ0n) is 13.6. The van der Waals surface area contributed by atoms with Gasteiger partial charge < -0.3 is 0 Å². The van der Waals surface area contributed by atoms with Gasteiger partial charge in [-0.3, -0.25) is 14.9 Å². The Kier molecular flexibility index (Phi) is 3.68. The van der Waals surface area contributed by atoms with E-state index >= 15 is 0 Å². The van der Waals surface area contributed by atoms with E-state index in [0.29, 0.717) is 19.3 Å². The molecule has 1 aliphatic heterocycles. The number of hydrogen-bond donors (Lipinski definition) is 1. The third-order valence-electron chi connectivity index (χ3n) is 5.02. The van der Waals surface area contributed by atoms with E-state index < -0.39 is 10.8 Å². The molecule has 2 fully saturated rings. The second-order valence-electron chi connectivity index (χ2n) is 7.75. The van der Waals surface area contributed by atoms with Crippen LogP contribution in [0.3, 0.4) is 0 Å². The van der Waals surface area contributed by atoms with Crippen LogP contribution in [-0.2, 0) is 9.59 Å². The molecule has 2 bridgehead atoms. The first-order valence-corrected chi connectivity index (χ1v) is 8.58. The van der Waals surface area contributed by atoms with Gasteiger partial charge in [0.15, 0.2) is 0 Å². The Bertz CT molecular complexity index is 715. The van der Waals surface area contributed by atoms with Gasteiger partial charge in [-0.2, -0.15) is 0 Å². The van der Waals surface area contributed by atoms with Crippen molar-refractivity contribution in [2.45, 2.75) is 40.0 Å². The van der Waals surface area contributed by atoms with E-state index in [4.69, 9.17) is 0 Å². The molecule has 1 aliphatic carbocycles. The molecule has 4 heteroatoms. The standard InChI is InChI=1S/C19H20BrNO2/c1-17(9-8-13-4-6-14(20)7-5-13)10-18(2)12-19(3,11-17)16(23)21-15(18)22/h4-7H,10-12H2,1-3H3,(H,21,22,23). The minimum absolute atomic E-state index is 0.156. The van der Waals surface area contributed by atoms with Gasteiger partial charge in [-0.25, -0.2) is 0 Å². The molecule has 120 valence electrons. The van der Waals surface area contributed by atoms with Crippen molar-refractivity contribution in [1.82, 2.24) is 5.32 Å². The second-order valence-corrected chi connectivity index (χ2v) is 8.67. The third-order valence-corrected chi connectivity index (χ3v) is 5.55. The van der Waals surface area contributed by atoms with Crippen LogP contribution in [0.5, 0.6) is 0 Å². The highest BCUT2D eigenvalue weighted by Crippen LogP contribution is 2.56. The molecule has 0 radical (unpaired) electrons. The van der Waals surface area contributed by atoms with Crippen molar-refractivity contribution in [3.63, 3.8) is 0 Å². The van der Waals surface area contributed by atoms with Crippen LogP contribution in [0, 0.1) is 28.1 Å². The van der Waals surface area contributed by atoms with Gasteiger partial charge in [0.2, 0.25) is 11.8 Å². The lowest BCUT2D eigenvalue weighted by molar-refractivity contribution is -0.158. The highest BCUT2D eigenvalue weighted by Gasteiger charge is 2.58. The maximum atomic E-state index is 12.3. The zero-order valence-corrected chi connectivity index (χ0v) is 15.2. The molecule has 1 saturated heterocycles. The first kappa shape index (κ1) is 16.3. The van der Waals surface area contributed by atoms with Crippen molar-refractivity contribution < 1.29 is 9.59 Å². The fourth-order valence-electron chi connectivity index (χ4n) is 4.34. The van der Waals surface area contributed by atoms with E-state index in [1.54, 1.807) is 0 Å². The van der Waals surface area contributed by atoms with Crippen LogP contribution in [0.1, 0.15) is 45.6 Å². The average molecular weight is 374 g/mol. The number of piperidine rings is 1. The second kappa shape index (κ2) is 5.21. The fourth-order valence-corrected chi connectivity index (χ4v) is 4.61. The SMILES string of the molecule is CC1(C#Cc2ccc(Br)cc2)CC2(C)CC(C)(C1)C(=O)NC2=O. The quantitative estimate of drug-likeness (QED) is 0.557. The smallest absolute Gasteiger partial charge is 0.232 e. The predicted molar refractivity (Wildman–Crippen MR) is 92.3 cm³/mol. The Morgan fingerprint density at radius 3 is 2.00 bits per heavy atom. The number of hydrogen-bond acceptors (Lipinski definition) is 2. The summed E-state index contributed by atoms with van der Waals surface area (Å²) in [5, 5.41) is 2.55. The van der Waals surface area contributed by atoms with Crippen molar-refractivity contribution in [2.75, 3.05) is 0 Å². The van der Waals surface area contributed by atoms with Gasteiger partial charge in [-0.05, 0) is 50.5 Å². The molecule has 1 heterocycles. The van der Waals surface area contributed by atoms with Crippen LogP contribution in [-0.4, -0.2) is 11.8 Å². The Morgan fingerprint density at radius 2 is 1.48 bits per heavy atom. The summed E-state index contributed by atoms with van der Waals surface area (Å²) < 4.78 is 1.02. The number of carbonyl (C=O) groups excluding carboxylic acids is 2. The maximum Gasteiger partial charge on any atom is 0.232 e. The fraction of sp³-hybridized carbons (Fsp3) is 0.474. The Labute approximate surface area is 145 Å². The minimum Gasteiger partial charge on any atom is -0.296 e. The van der Waals surface area contributed by atoms with Crippen molar-refractivity contribution in [3.8, 4) is 11.8 Å². The van der Waals surface area contributed by atoms with Crippen LogP contribution in [0.2, 0.25) is 0 Å². The molecule has 2 atom stereocenters. The molecule has 1 aromatic carbocycles. The molecule has 1 N–H and O–H groups in total. The van der Waals surface area contributed by atoms with Crippen molar-refractivity contribution in [1.29, 1.82) is 0 Å². The molecule has 1 saturated carbocycles. The third kappa shape index (κ3) is 2.95. The number of rotatable bonds is 0. The van der Waals surface area contributed by atoms with Gasteiger partial charge in [0.25, 0.3) is 0 Å². The maximum absolute atomic E-state index is 12.3. The van der Waals surface area contributed by atoms with Gasteiger partial charge in [0.1, 0.15) is 0 Å². The van der Waals surface area contributed by atoms with Crippen LogP contribution in [0.15, 0.2) is 28.7 Å². The van der Waals surface area contributed by atoms with E-state index in [9.17, 15) is 9.59 Å². The number of halogens is 1. The largest absolute Gasteiger partial charge is 0.296 e. The molecule has 3 nitrogen and oxygen atoms in total. The van der Waals surface area contributed by atoms with Gasteiger partial charge in [0, 0.05) is 26.3 Å². The van der Waals surface area contributed by atoms with Crippen LogP contribution >= 0.6 is 15.9 Å². The summed E-state index contributed by atoms with van der Waals surface area (Å²) in [5.74, 6) is 6.27. The van der Waals surface area contributed by atoms with Crippen molar-refractivity contribution in [2.24, 2.45) is 16.2 Å². The Morgan fingerprint density at radius 1 is 0.957 bits per heavy atom. The Hall–Kier alpha value is -1.60. The Balaban J connectivity index is 1.95. The van der Waals surface area contributed by atoms with Crippen molar-refractivity contribution >= 4 is 27.7 Å².